The van der Waals surface area contributed by atoms with Crippen molar-refractivity contribution in [3.63, 3.8) is 0 Å². The number of nitrogens with one attached hydrogen (secondary N) is 3. The minimum absolute atomic E-state index is 0. The summed E-state index contributed by atoms with van der Waals surface area (Å²) in [4.78, 5) is 4.48. The molecule has 1 aromatic rings. The van der Waals surface area contributed by atoms with Gasteiger partial charge in [-0.05, 0) is 26.8 Å². The first-order valence-corrected chi connectivity index (χ1v) is 10.1. The van der Waals surface area contributed by atoms with E-state index in [1.165, 1.54) is 0 Å². The molecule has 0 spiro atoms. The van der Waals surface area contributed by atoms with Gasteiger partial charge >= 0.3 is 0 Å². The van der Waals surface area contributed by atoms with Gasteiger partial charge in [0, 0.05) is 31.4 Å². The van der Waals surface area contributed by atoms with Gasteiger partial charge in [-0.3, -0.25) is 0 Å². The summed E-state index contributed by atoms with van der Waals surface area (Å²) < 4.78 is 27.1. The predicted octanol–water partition coefficient (Wildman–Crippen LogP) is 2.33. The van der Waals surface area contributed by atoms with Crippen LogP contribution in [0.2, 0.25) is 10.2 Å². The summed E-state index contributed by atoms with van der Waals surface area (Å²) in [6.45, 7) is 6.98. The van der Waals surface area contributed by atoms with Crippen LogP contribution in [0.25, 0.3) is 0 Å². The molecular weight excluding hydrogens is 500 g/mol. The molecule has 25 heavy (non-hydrogen) atoms. The van der Waals surface area contributed by atoms with Crippen LogP contribution in [0.4, 0.5) is 0 Å². The standard InChI is InChI=1S/C14H25Cl2N5O2S.HI/c1-6-17-13(19-9-14(2,3)20-24(5,22)23)18-8-10-7-11(15)12(16)21(10)4;/h7,20H,6,8-9H2,1-5H3,(H2,17,18,19);1H. The normalized spacial score (nSPS) is 12.7. The van der Waals surface area contributed by atoms with Crippen LogP contribution in [0, 0.1) is 0 Å². The Hall–Kier alpha value is -0.230. The molecule has 0 atom stereocenters. The highest BCUT2D eigenvalue weighted by atomic mass is 127. The van der Waals surface area contributed by atoms with Crippen molar-refractivity contribution in [3.05, 3.63) is 21.9 Å². The largest absolute Gasteiger partial charge is 0.357 e. The summed E-state index contributed by atoms with van der Waals surface area (Å²) in [6, 6.07) is 1.77. The van der Waals surface area contributed by atoms with Crippen LogP contribution < -0.4 is 15.4 Å². The van der Waals surface area contributed by atoms with Crippen LogP contribution >= 0.6 is 47.2 Å². The third-order valence-electron chi connectivity index (χ3n) is 3.12. The van der Waals surface area contributed by atoms with Gasteiger partial charge in [-0.1, -0.05) is 23.2 Å². The maximum atomic E-state index is 11.4. The van der Waals surface area contributed by atoms with Gasteiger partial charge in [0.25, 0.3) is 0 Å². The molecule has 0 aliphatic carbocycles. The molecule has 0 saturated carbocycles. The van der Waals surface area contributed by atoms with E-state index in [1.54, 1.807) is 24.5 Å². The van der Waals surface area contributed by atoms with Crippen LogP contribution in [0.5, 0.6) is 0 Å². The first kappa shape index (κ1) is 24.8. The number of nitrogens with zero attached hydrogens (tertiary/aromatic N) is 2. The maximum Gasteiger partial charge on any atom is 0.209 e. The molecule has 0 aliphatic rings. The molecule has 0 aromatic carbocycles. The molecule has 0 amide bonds. The summed E-state index contributed by atoms with van der Waals surface area (Å²) in [5.74, 6) is 0.578. The lowest BCUT2D eigenvalue weighted by molar-refractivity contribution is 0.446. The average molecular weight is 526 g/mol. The molecule has 0 aliphatic heterocycles. The zero-order valence-electron chi connectivity index (χ0n) is 15.0. The van der Waals surface area contributed by atoms with E-state index in [4.69, 9.17) is 23.2 Å². The fourth-order valence-electron chi connectivity index (χ4n) is 2.09. The van der Waals surface area contributed by atoms with Gasteiger partial charge in [-0.15, -0.1) is 24.0 Å². The molecule has 0 bridgehead atoms. The SMILES string of the molecule is CCNC(=NCc1cc(Cl)c(Cl)n1C)NCC(C)(C)NS(C)(=O)=O.I. The Labute approximate surface area is 177 Å². The summed E-state index contributed by atoms with van der Waals surface area (Å²) in [5, 5.41) is 7.20. The second kappa shape index (κ2) is 10.2. The molecule has 1 aromatic heterocycles. The van der Waals surface area contributed by atoms with Gasteiger partial charge in [0.15, 0.2) is 5.96 Å². The van der Waals surface area contributed by atoms with Crippen LogP contribution in [-0.2, 0) is 23.6 Å². The zero-order chi connectivity index (χ0) is 18.5. The monoisotopic (exact) mass is 525 g/mol. The van der Waals surface area contributed by atoms with E-state index < -0.39 is 15.6 Å². The number of aromatic nitrogens is 1. The highest BCUT2D eigenvalue weighted by molar-refractivity contribution is 14.0. The molecule has 1 heterocycles. The molecule has 0 fully saturated rings. The molecule has 1 rings (SSSR count). The van der Waals surface area contributed by atoms with Crippen LogP contribution in [0.1, 0.15) is 26.5 Å². The van der Waals surface area contributed by atoms with Gasteiger partial charge in [-0.2, -0.15) is 0 Å². The lowest BCUT2D eigenvalue weighted by atomic mass is 10.1. The Bertz CT molecular complexity index is 704. The van der Waals surface area contributed by atoms with Gasteiger partial charge in [0.05, 0.1) is 17.8 Å². The summed E-state index contributed by atoms with van der Waals surface area (Å²) in [5.41, 5.74) is 0.220. The topological polar surface area (TPSA) is 87.5 Å². The molecule has 7 nitrogen and oxygen atoms in total. The van der Waals surface area contributed by atoms with E-state index in [0.717, 1.165) is 11.9 Å². The summed E-state index contributed by atoms with van der Waals surface area (Å²) in [7, 11) is -1.47. The van der Waals surface area contributed by atoms with E-state index in [2.05, 4.69) is 20.3 Å². The van der Waals surface area contributed by atoms with Crippen molar-refractivity contribution in [2.45, 2.75) is 32.9 Å². The number of rotatable bonds is 7. The fourth-order valence-corrected chi connectivity index (χ4v) is 3.58. The molecule has 11 heteroatoms. The Morgan fingerprint density at radius 3 is 2.36 bits per heavy atom. The van der Waals surface area contributed by atoms with E-state index >= 15 is 0 Å². The van der Waals surface area contributed by atoms with E-state index in [-0.39, 0.29) is 24.0 Å². The van der Waals surface area contributed by atoms with Crippen molar-refractivity contribution in [3.8, 4) is 0 Å². The first-order chi connectivity index (χ1) is 10.9. The van der Waals surface area contributed by atoms with Crippen molar-refractivity contribution in [2.24, 2.45) is 12.0 Å². The lowest BCUT2D eigenvalue weighted by Crippen LogP contribution is -2.53. The minimum Gasteiger partial charge on any atom is -0.357 e. The number of guanidine groups is 1. The third kappa shape index (κ3) is 8.80. The Kier molecular flexibility index (Phi) is 10.1. The minimum atomic E-state index is -3.29. The van der Waals surface area contributed by atoms with Gasteiger partial charge in [0.1, 0.15) is 5.15 Å². The van der Waals surface area contributed by atoms with Crippen molar-refractivity contribution >= 4 is 63.2 Å². The van der Waals surface area contributed by atoms with Gasteiger partial charge in [0.2, 0.25) is 10.0 Å². The number of hydrogen-bond donors (Lipinski definition) is 3. The summed E-state index contributed by atoms with van der Waals surface area (Å²) in [6.07, 6.45) is 1.14. The average Bonchev–Trinajstić information content (AvgIpc) is 2.67. The molecular formula is C14H26Cl2IN5O2S. The smallest absolute Gasteiger partial charge is 0.209 e. The first-order valence-electron chi connectivity index (χ1n) is 7.46. The number of halogens is 3. The quantitative estimate of drug-likeness (QED) is 0.289. The molecule has 0 unspecified atom stereocenters. The van der Waals surface area contributed by atoms with Gasteiger partial charge in [-0.25, -0.2) is 18.1 Å². The number of aliphatic imine (C=N–C) groups is 1. The van der Waals surface area contributed by atoms with E-state index in [0.29, 0.717) is 35.8 Å². The number of sulfonamides is 1. The van der Waals surface area contributed by atoms with Crippen LogP contribution in [0.3, 0.4) is 0 Å². The van der Waals surface area contributed by atoms with E-state index in [1.807, 2.05) is 14.0 Å². The third-order valence-corrected chi connectivity index (χ3v) is 4.88. The van der Waals surface area contributed by atoms with Crippen molar-refractivity contribution in [1.29, 1.82) is 0 Å². The predicted molar refractivity (Wildman–Crippen MR) is 116 cm³/mol. The Morgan fingerprint density at radius 1 is 1.32 bits per heavy atom. The van der Waals surface area contributed by atoms with Crippen molar-refractivity contribution in [2.75, 3.05) is 19.3 Å². The second-order valence-electron chi connectivity index (χ2n) is 6.14. The number of hydrogen-bond acceptors (Lipinski definition) is 3. The highest BCUT2D eigenvalue weighted by Gasteiger charge is 2.22. The van der Waals surface area contributed by atoms with Crippen LogP contribution in [0.15, 0.2) is 11.1 Å². The molecule has 146 valence electrons. The van der Waals surface area contributed by atoms with Crippen molar-refractivity contribution < 1.29 is 8.42 Å². The lowest BCUT2D eigenvalue weighted by Gasteiger charge is -2.26. The molecule has 0 saturated heterocycles. The molecule has 0 radical (unpaired) electrons. The second-order valence-corrected chi connectivity index (χ2v) is 8.65. The Morgan fingerprint density at radius 2 is 1.92 bits per heavy atom. The summed E-state index contributed by atoms with van der Waals surface area (Å²) >= 11 is 12.0. The Balaban J connectivity index is 0.00000576. The zero-order valence-corrected chi connectivity index (χ0v) is 19.6. The van der Waals surface area contributed by atoms with Gasteiger partial charge < -0.3 is 15.2 Å². The maximum absolute atomic E-state index is 11.4. The highest BCUT2D eigenvalue weighted by Crippen LogP contribution is 2.25. The van der Waals surface area contributed by atoms with Crippen molar-refractivity contribution in [1.82, 2.24) is 19.9 Å². The van der Waals surface area contributed by atoms with Crippen LogP contribution in [-0.4, -0.2) is 43.8 Å². The fraction of sp³-hybridized carbons (Fsp3) is 0.643. The molecule has 3 N–H and O–H groups in total. The van der Waals surface area contributed by atoms with E-state index in [9.17, 15) is 8.42 Å².